The molecular weight excluding hydrogens is 261 g/mol. The second-order valence-electron chi connectivity index (χ2n) is 4.12. The standard InChI is InChI=1S/C15H14FNO3/c16-12-4-6-13(7-5-12)17-8-9-20-14-3-1-2-11(10-14)15(18)19/h1-7,10,17H,8-9H2,(H,18,19). The Hall–Kier alpha value is -2.56. The third-order valence-electron chi connectivity index (χ3n) is 2.63. The molecule has 0 fully saturated rings. The van der Waals surface area contributed by atoms with E-state index in [-0.39, 0.29) is 11.4 Å². The molecule has 2 aromatic rings. The van der Waals surface area contributed by atoms with Gasteiger partial charge in [-0.25, -0.2) is 9.18 Å². The van der Waals surface area contributed by atoms with Crippen LogP contribution in [0.25, 0.3) is 0 Å². The van der Waals surface area contributed by atoms with Crippen molar-refractivity contribution in [1.82, 2.24) is 0 Å². The molecule has 0 saturated carbocycles. The van der Waals surface area contributed by atoms with Crippen LogP contribution in [0.5, 0.6) is 5.75 Å². The fourth-order valence-electron chi connectivity index (χ4n) is 1.65. The monoisotopic (exact) mass is 275 g/mol. The van der Waals surface area contributed by atoms with Gasteiger partial charge < -0.3 is 15.2 Å². The maximum absolute atomic E-state index is 12.7. The fraction of sp³-hybridized carbons (Fsp3) is 0.133. The Morgan fingerprint density at radius 2 is 1.95 bits per heavy atom. The molecule has 0 aliphatic heterocycles. The van der Waals surface area contributed by atoms with Gasteiger partial charge in [-0.05, 0) is 42.5 Å². The number of benzene rings is 2. The third-order valence-corrected chi connectivity index (χ3v) is 2.63. The van der Waals surface area contributed by atoms with E-state index in [0.29, 0.717) is 18.9 Å². The summed E-state index contributed by atoms with van der Waals surface area (Å²) in [7, 11) is 0. The molecule has 0 unspecified atom stereocenters. The van der Waals surface area contributed by atoms with Gasteiger partial charge in [0.2, 0.25) is 0 Å². The van der Waals surface area contributed by atoms with Crippen molar-refractivity contribution in [3.05, 3.63) is 59.9 Å². The van der Waals surface area contributed by atoms with Gasteiger partial charge in [-0.15, -0.1) is 0 Å². The molecular formula is C15H14FNO3. The van der Waals surface area contributed by atoms with Crippen molar-refractivity contribution < 1.29 is 19.0 Å². The van der Waals surface area contributed by atoms with E-state index in [0.717, 1.165) is 5.69 Å². The smallest absolute Gasteiger partial charge is 0.335 e. The van der Waals surface area contributed by atoms with Crippen LogP contribution in [0.4, 0.5) is 10.1 Å². The predicted octanol–water partition coefficient (Wildman–Crippen LogP) is 3.01. The number of carboxylic acids is 1. The Morgan fingerprint density at radius 3 is 2.65 bits per heavy atom. The van der Waals surface area contributed by atoms with Crippen LogP contribution in [0.15, 0.2) is 48.5 Å². The molecule has 0 amide bonds. The van der Waals surface area contributed by atoms with E-state index in [1.807, 2.05) is 0 Å². The number of anilines is 1. The topological polar surface area (TPSA) is 58.6 Å². The first-order valence-electron chi connectivity index (χ1n) is 6.11. The second kappa shape index (κ2) is 6.56. The lowest BCUT2D eigenvalue weighted by molar-refractivity contribution is 0.0696. The van der Waals surface area contributed by atoms with Crippen LogP contribution in [0.2, 0.25) is 0 Å². The van der Waals surface area contributed by atoms with Gasteiger partial charge in [0.15, 0.2) is 0 Å². The summed E-state index contributed by atoms with van der Waals surface area (Å²) in [5.41, 5.74) is 0.989. The van der Waals surface area contributed by atoms with E-state index in [9.17, 15) is 9.18 Å². The Balaban J connectivity index is 1.79. The Morgan fingerprint density at radius 1 is 1.20 bits per heavy atom. The predicted molar refractivity (Wildman–Crippen MR) is 73.8 cm³/mol. The van der Waals surface area contributed by atoms with E-state index in [2.05, 4.69) is 5.32 Å². The maximum atomic E-state index is 12.7. The van der Waals surface area contributed by atoms with Crippen LogP contribution in [0.1, 0.15) is 10.4 Å². The van der Waals surface area contributed by atoms with Crippen LogP contribution in [0, 0.1) is 5.82 Å². The summed E-state index contributed by atoms with van der Waals surface area (Å²) >= 11 is 0. The van der Waals surface area contributed by atoms with Gasteiger partial charge in [0.25, 0.3) is 0 Å². The van der Waals surface area contributed by atoms with Crippen molar-refractivity contribution in [3.8, 4) is 5.75 Å². The zero-order chi connectivity index (χ0) is 14.4. The number of nitrogens with one attached hydrogen (secondary N) is 1. The van der Waals surface area contributed by atoms with Crippen molar-refractivity contribution in [3.63, 3.8) is 0 Å². The molecule has 2 rings (SSSR count). The van der Waals surface area contributed by atoms with E-state index in [4.69, 9.17) is 9.84 Å². The summed E-state index contributed by atoms with van der Waals surface area (Å²) in [5.74, 6) is -0.761. The largest absolute Gasteiger partial charge is 0.492 e. The second-order valence-corrected chi connectivity index (χ2v) is 4.12. The quantitative estimate of drug-likeness (QED) is 0.796. The molecule has 0 saturated heterocycles. The molecule has 2 N–H and O–H groups in total. The third kappa shape index (κ3) is 3.98. The lowest BCUT2D eigenvalue weighted by Gasteiger charge is -2.09. The molecule has 2 aromatic carbocycles. The normalized spacial score (nSPS) is 10.1. The number of ether oxygens (including phenoxy) is 1. The van der Waals surface area contributed by atoms with Gasteiger partial charge >= 0.3 is 5.97 Å². The lowest BCUT2D eigenvalue weighted by Crippen LogP contribution is -2.11. The first-order valence-corrected chi connectivity index (χ1v) is 6.11. The molecule has 0 aliphatic rings. The minimum Gasteiger partial charge on any atom is -0.492 e. The molecule has 5 heteroatoms. The summed E-state index contributed by atoms with van der Waals surface area (Å²) in [6.45, 7) is 0.906. The Labute approximate surface area is 115 Å². The molecule has 0 aromatic heterocycles. The van der Waals surface area contributed by atoms with Crippen LogP contribution in [-0.2, 0) is 0 Å². The van der Waals surface area contributed by atoms with Crippen LogP contribution in [-0.4, -0.2) is 24.2 Å². The van der Waals surface area contributed by atoms with E-state index in [1.54, 1.807) is 24.3 Å². The lowest BCUT2D eigenvalue weighted by atomic mass is 10.2. The molecule has 0 bridgehead atoms. The molecule has 0 heterocycles. The van der Waals surface area contributed by atoms with Crippen molar-refractivity contribution in [1.29, 1.82) is 0 Å². The average molecular weight is 275 g/mol. The highest BCUT2D eigenvalue weighted by molar-refractivity contribution is 5.87. The molecule has 0 aliphatic carbocycles. The number of carbonyl (C=O) groups is 1. The summed E-state index contributed by atoms with van der Waals surface area (Å²) in [4.78, 5) is 10.8. The van der Waals surface area contributed by atoms with Crippen molar-refractivity contribution in [2.45, 2.75) is 0 Å². The van der Waals surface area contributed by atoms with E-state index in [1.165, 1.54) is 24.3 Å². The highest BCUT2D eigenvalue weighted by Crippen LogP contribution is 2.13. The van der Waals surface area contributed by atoms with Gasteiger partial charge in [0.1, 0.15) is 18.2 Å². The summed E-state index contributed by atoms with van der Waals surface area (Å²) in [5, 5.41) is 11.9. The minimum atomic E-state index is -0.986. The summed E-state index contributed by atoms with van der Waals surface area (Å²) in [6, 6.07) is 12.3. The van der Waals surface area contributed by atoms with Crippen LogP contribution < -0.4 is 10.1 Å². The van der Waals surface area contributed by atoms with E-state index < -0.39 is 5.97 Å². The van der Waals surface area contributed by atoms with Gasteiger partial charge in [-0.3, -0.25) is 0 Å². The van der Waals surface area contributed by atoms with Gasteiger partial charge in [-0.2, -0.15) is 0 Å². The zero-order valence-corrected chi connectivity index (χ0v) is 10.7. The van der Waals surface area contributed by atoms with Crippen molar-refractivity contribution in [2.75, 3.05) is 18.5 Å². The number of halogens is 1. The summed E-state index contributed by atoms with van der Waals surface area (Å²) in [6.07, 6.45) is 0. The Bertz CT molecular complexity index is 584. The number of hydrogen-bond acceptors (Lipinski definition) is 3. The molecule has 104 valence electrons. The Kier molecular flexibility index (Phi) is 4.55. The van der Waals surface area contributed by atoms with Gasteiger partial charge in [0.05, 0.1) is 5.56 Å². The van der Waals surface area contributed by atoms with Crippen LogP contribution in [0.3, 0.4) is 0 Å². The first kappa shape index (κ1) is 13.9. The maximum Gasteiger partial charge on any atom is 0.335 e. The first-order chi connectivity index (χ1) is 9.65. The molecule has 0 spiro atoms. The zero-order valence-electron chi connectivity index (χ0n) is 10.7. The molecule has 0 atom stereocenters. The molecule has 0 radical (unpaired) electrons. The highest BCUT2D eigenvalue weighted by Gasteiger charge is 2.03. The van der Waals surface area contributed by atoms with Crippen molar-refractivity contribution >= 4 is 11.7 Å². The minimum absolute atomic E-state index is 0.189. The number of rotatable bonds is 6. The number of hydrogen-bond donors (Lipinski definition) is 2. The van der Waals surface area contributed by atoms with E-state index >= 15 is 0 Å². The highest BCUT2D eigenvalue weighted by atomic mass is 19.1. The molecule has 20 heavy (non-hydrogen) atoms. The van der Waals surface area contributed by atoms with Crippen LogP contribution >= 0.6 is 0 Å². The fourth-order valence-corrected chi connectivity index (χ4v) is 1.65. The molecule has 4 nitrogen and oxygen atoms in total. The summed E-state index contributed by atoms with van der Waals surface area (Å²) < 4.78 is 18.1. The van der Waals surface area contributed by atoms with Gasteiger partial charge in [0, 0.05) is 12.2 Å². The SMILES string of the molecule is O=C(O)c1cccc(OCCNc2ccc(F)cc2)c1. The number of carboxylic acid groups (broad SMARTS) is 1. The van der Waals surface area contributed by atoms with Gasteiger partial charge in [-0.1, -0.05) is 6.07 Å². The average Bonchev–Trinajstić information content (AvgIpc) is 2.46. The van der Waals surface area contributed by atoms with Crippen molar-refractivity contribution in [2.24, 2.45) is 0 Å². The number of aromatic carboxylic acids is 1.